The van der Waals surface area contributed by atoms with Gasteiger partial charge in [0.15, 0.2) is 0 Å². The van der Waals surface area contributed by atoms with Gasteiger partial charge >= 0.3 is 0 Å². The molecule has 0 aliphatic carbocycles. The van der Waals surface area contributed by atoms with Crippen LogP contribution < -0.4 is 0 Å². The summed E-state index contributed by atoms with van der Waals surface area (Å²) in [5, 5.41) is 8.91. The van der Waals surface area contributed by atoms with E-state index in [-0.39, 0.29) is 0 Å². The van der Waals surface area contributed by atoms with Gasteiger partial charge in [-0.05, 0) is 48.9 Å². The highest BCUT2D eigenvalue weighted by atomic mass is 15.1. The molecule has 1 aromatic carbocycles. The molecule has 3 nitrogen and oxygen atoms in total. The molecule has 0 atom stereocenters. The molecule has 0 aliphatic rings. The smallest absolute Gasteiger partial charge is 0.0991 e. The molecule has 0 aliphatic heterocycles. The van der Waals surface area contributed by atoms with Gasteiger partial charge in [0.2, 0.25) is 0 Å². The van der Waals surface area contributed by atoms with Gasteiger partial charge in [0.1, 0.15) is 0 Å². The van der Waals surface area contributed by atoms with Gasteiger partial charge in [-0.25, -0.2) is 0 Å². The van der Waals surface area contributed by atoms with Gasteiger partial charge in [-0.15, -0.1) is 0 Å². The van der Waals surface area contributed by atoms with E-state index in [1.807, 2.05) is 36.5 Å². The van der Waals surface area contributed by atoms with Gasteiger partial charge in [-0.2, -0.15) is 5.26 Å². The maximum atomic E-state index is 8.91. The predicted molar refractivity (Wildman–Crippen MR) is 79.9 cm³/mol. The van der Waals surface area contributed by atoms with Crippen LogP contribution in [0.3, 0.4) is 0 Å². The van der Waals surface area contributed by atoms with Crippen LogP contribution in [0, 0.1) is 18.3 Å². The summed E-state index contributed by atoms with van der Waals surface area (Å²) in [5.74, 6) is 0. The lowest BCUT2D eigenvalue weighted by molar-refractivity contribution is 0.267. The van der Waals surface area contributed by atoms with E-state index < -0.39 is 0 Å². The Balaban J connectivity index is 2.09. The van der Waals surface area contributed by atoms with Gasteiger partial charge in [-0.3, -0.25) is 9.88 Å². The monoisotopic (exact) mass is 265 g/mol. The molecule has 0 bridgehead atoms. The molecule has 1 heterocycles. The Morgan fingerprint density at radius 1 is 1.20 bits per heavy atom. The average Bonchev–Trinajstić information content (AvgIpc) is 2.49. The second-order valence-corrected chi connectivity index (χ2v) is 4.88. The largest absolute Gasteiger partial charge is 0.294 e. The van der Waals surface area contributed by atoms with Crippen molar-refractivity contribution in [3.05, 3.63) is 65.0 Å². The highest BCUT2D eigenvalue weighted by Crippen LogP contribution is 2.14. The van der Waals surface area contributed by atoms with Crippen LogP contribution in [0.15, 0.2) is 42.6 Å². The molecule has 1 aromatic heterocycles. The van der Waals surface area contributed by atoms with E-state index in [1.54, 1.807) is 0 Å². The summed E-state index contributed by atoms with van der Waals surface area (Å²) in [4.78, 5) is 6.72. The van der Waals surface area contributed by atoms with Gasteiger partial charge < -0.3 is 0 Å². The van der Waals surface area contributed by atoms with E-state index in [0.717, 1.165) is 30.9 Å². The van der Waals surface area contributed by atoms with Crippen LogP contribution in [-0.4, -0.2) is 16.4 Å². The minimum Gasteiger partial charge on any atom is -0.294 e. The second-order valence-electron chi connectivity index (χ2n) is 4.88. The van der Waals surface area contributed by atoms with E-state index in [0.29, 0.717) is 0 Å². The standard InChI is InChI=1S/C17H19N3/c1-3-20(13-17-6-4-5-9-19-17)12-16-8-7-15(11-18)10-14(16)2/h4-10H,3,12-13H2,1-2H3. The van der Waals surface area contributed by atoms with Crippen molar-refractivity contribution in [2.24, 2.45) is 0 Å². The third-order valence-corrected chi connectivity index (χ3v) is 3.42. The van der Waals surface area contributed by atoms with Crippen LogP contribution in [0.1, 0.15) is 29.3 Å². The Morgan fingerprint density at radius 3 is 2.65 bits per heavy atom. The lowest BCUT2D eigenvalue weighted by Crippen LogP contribution is -2.23. The third-order valence-electron chi connectivity index (χ3n) is 3.42. The minimum atomic E-state index is 0.721. The lowest BCUT2D eigenvalue weighted by Gasteiger charge is -2.21. The quantitative estimate of drug-likeness (QED) is 0.833. The maximum Gasteiger partial charge on any atom is 0.0991 e. The Hall–Kier alpha value is -2.18. The summed E-state index contributed by atoms with van der Waals surface area (Å²) in [7, 11) is 0. The van der Waals surface area contributed by atoms with Crippen LogP contribution in [0.2, 0.25) is 0 Å². The lowest BCUT2D eigenvalue weighted by atomic mass is 10.1. The topological polar surface area (TPSA) is 39.9 Å². The Bertz CT molecular complexity index is 599. The molecule has 0 spiro atoms. The number of nitriles is 1. The summed E-state index contributed by atoms with van der Waals surface area (Å²) in [5.41, 5.74) is 4.24. The van der Waals surface area contributed by atoms with Crippen molar-refractivity contribution in [1.29, 1.82) is 5.26 Å². The molecule has 102 valence electrons. The second kappa shape index (κ2) is 6.83. The number of benzene rings is 1. The van der Waals surface area contributed by atoms with Crippen LogP contribution in [-0.2, 0) is 13.1 Å². The van der Waals surface area contributed by atoms with Crippen LogP contribution in [0.25, 0.3) is 0 Å². The van der Waals surface area contributed by atoms with Gasteiger partial charge in [0, 0.05) is 19.3 Å². The number of aryl methyl sites for hydroxylation is 1. The number of rotatable bonds is 5. The summed E-state index contributed by atoms with van der Waals surface area (Å²) in [6.45, 7) is 6.91. The summed E-state index contributed by atoms with van der Waals surface area (Å²) >= 11 is 0. The van der Waals surface area contributed by atoms with Crippen molar-refractivity contribution in [2.75, 3.05) is 6.54 Å². The fraction of sp³-hybridized carbons (Fsp3) is 0.294. The third kappa shape index (κ3) is 3.66. The Labute approximate surface area is 120 Å². The molecule has 0 saturated heterocycles. The van der Waals surface area contributed by atoms with Crippen molar-refractivity contribution in [3.63, 3.8) is 0 Å². The summed E-state index contributed by atoms with van der Waals surface area (Å²) < 4.78 is 0. The van der Waals surface area contributed by atoms with Crippen LogP contribution >= 0.6 is 0 Å². The molecule has 0 amide bonds. The van der Waals surface area contributed by atoms with E-state index in [1.165, 1.54) is 11.1 Å². The zero-order chi connectivity index (χ0) is 14.4. The molecule has 2 rings (SSSR count). The molecule has 0 N–H and O–H groups in total. The molecular weight excluding hydrogens is 246 g/mol. The van der Waals surface area contributed by atoms with Crippen molar-refractivity contribution >= 4 is 0 Å². The molecular formula is C17H19N3. The Morgan fingerprint density at radius 2 is 2.05 bits per heavy atom. The SMILES string of the molecule is CCN(Cc1ccccn1)Cc1ccc(C#N)cc1C. The molecule has 0 radical (unpaired) electrons. The maximum absolute atomic E-state index is 8.91. The van der Waals surface area contributed by atoms with E-state index >= 15 is 0 Å². The Kier molecular flexibility index (Phi) is 4.86. The molecule has 0 fully saturated rings. The molecule has 20 heavy (non-hydrogen) atoms. The first-order valence-electron chi connectivity index (χ1n) is 6.85. The van der Waals surface area contributed by atoms with E-state index in [9.17, 15) is 0 Å². The van der Waals surface area contributed by atoms with Gasteiger partial charge in [0.25, 0.3) is 0 Å². The van der Waals surface area contributed by atoms with Crippen molar-refractivity contribution in [2.45, 2.75) is 26.9 Å². The molecule has 0 unspecified atom stereocenters. The van der Waals surface area contributed by atoms with Crippen molar-refractivity contribution in [3.8, 4) is 6.07 Å². The first-order chi connectivity index (χ1) is 9.72. The number of aromatic nitrogens is 1. The zero-order valence-electron chi connectivity index (χ0n) is 12.0. The predicted octanol–water partition coefficient (Wildman–Crippen LogP) is 3.28. The van der Waals surface area contributed by atoms with E-state index in [2.05, 4.69) is 35.9 Å². The zero-order valence-corrected chi connectivity index (χ0v) is 12.0. The molecule has 2 aromatic rings. The molecule has 0 saturated carbocycles. The first kappa shape index (κ1) is 14.2. The van der Waals surface area contributed by atoms with Crippen molar-refractivity contribution < 1.29 is 0 Å². The van der Waals surface area contributed by atoms with Gasteiger partial charge in [0.05, 0.1) is 17.3 Å². The average molecular weight is 265 g/mol. The normalized spacial score (nSPS) is 10.5. The van der Waals surface area contributed by atoms with E-state index in [4.69, 9.17) is 5.26 Å². The summed E-state index contributed by atoms with van der Waals surface area (Å²) in [6, 6.07) is 14.1. The number of hydrogen-bond donors (Lipinski definition) is 0. The van der Waals surface area contributed by atoms with Crippen LogP contribution in [0.5, 0.6) is 0 Å². The van der Waals surface area contributed by atoms with Crippen LogP contribution in [0.4, 0.5) is 0 Å². The fourth-order valence-corrected chi connectivity index (χ4v) is 2.18. The number of hydrogen-bond acceptors (Lipinski definition) is 3. The molecule has 3 heteroatoms. The first-order valence-corrected chi connectivity index (χ1v) is 6.85. The highest BCUT2D eigenvalue weighted by Gasteiger charge is 2.08. The summed E-state index contributed by atoms with van der Waals surface area (Å²) in [6.07, 6.45) is 1.83. The number of pyridine rings is 1. The minimum absolute atomic E-state index is 0.721. The number of nitrogens with zero attached hydrogens (tertiary/aromatic N) is 3. The fourth-order valence-electron chi connectivity index (χ4n) is 2.18. The van der Waals surface area contributed by atoms with Crippen molar-refractivity contribution in [1.82, 2.24) is 9.88 Å². The van der Waals surface area contributed by atoms with Gasteiger partial charge in [-0.1, -0.05) is 19.1 Å². The highest BCUT2D eigenvalue weighted by molar-refractivity contribution is 5.37.